The van der Waals surface area contributed by atoms with Crippen LogP contribution in [0.1, 0.15) is 44.1 Å². The van der Waals surface area contributed by atoms with Crippen molar-refractivity contribution in [1.82, 2.24) is 5.32 Å². The van der Waals surface area contributed by atoms with Gasteiger partial charge in [0.1, 0.15) is 5.75 Å². The zero-order valence-electron chi connectivity index (χ0n) is 13.8. The van der Waals surface area contributed by atoms with Gasteiger partial charge in [0.05, 0.1) is 22.9 Å². The molecule has 7 heteroatoms. The lowest BCUT2D eigenvalue weighted by Crippen LogP contribution is -2.52. The van der Waals surface area contributed by atoms with E-state index in [1.165, 1.54) is 6.42 Å². The number of carbonyl (C=O) groups excluding carboxylic acids is 1. The highest BCUT2D eigenvalue weighted by Gasteiger charge is 2.43. The van der Waals surface area contributed by atoms with Crippen LogP contribution in [0.5, 0.6) is 5.75 Å². The highest BCUT2D eigenvalue weighted by Crippen LogP contribution is 2.49. The Bertz CT molecular complexity index is 659. The fourth-order valence-corrected chi connectivity index (χ4v) is 4.40. The van der Waals surface area contributed by atoms with E-state index in [0.717, 1.165) is 43.4 Å². The maximum Gasteiger partial charge on any atom is 0.319 e. The Hall–Kier alpha value is -1.27. The van der Waals surface area contributed by atoms with E-state index in [9.17, 15) is 9.00 Å². The maximum absolute atomic E-state index is 12.1. The molecule has 2 amide bonds. The van der Waals surface area contributed by atoms with Crippen LogP contribution >= 0.6 is 11.6 Å². The fourth-order valence-electron chi connectivity index (χ4n) is 3.67. The van der Waals surface area contributed by atoms with Gasteiger partial charge in [-0.3, -0.25) is 4.21 Å². The molecule has 1 aromatic carbocycles. The molecular weight excluding hydrogens is 348 g/mol. The quantitative estimate of drug-likeness (QED) is 0.775. The summed E-state index contributed by atoms with van der Waals surface area (Å²) in [5.74, 6) is 1.38. The van der Waals surface area contributed by atoms with Gasteiger partial charge in [-0.15, -0.1) is 0 Å². The van der Waals surface area contributed by atoms with Crippen LogP contribution in [0.25, 0.3) is 0 Å². The van der Waals surface area contributed by atoms with Gasteiger partial charge in [-0.2, -0.15) is 0 Å². The van der Waals surface area contributed by atoms with Crippen molar-refractivity contribution in [3.8, 4) is 5.75 Å². The third kappa shape index (κ3) is 3.54. The average molecular weight is 371 g/mol. The number of urea groups is 1. The molecule has 1 unspecified atom stereocenters. The number of amides is 2. The van der Waals surface area contributed by atoms with E-state index in [2.05, 4.69) is 10.6 Å². The predicted octanol–water partition coefficient (Wildman–Crippen LogP) is 3.78. The third-order valence-electron chi connectivity index (χ3n) is 4.73. The van der Waals surface area contributed by atoms with Crippen molar-refractivity contribution in [2.24, 2.45) is 0 Å². The minimum Gasteiger partial charge on any atom is -0.493 e. The molecular formula is C17H23ClN2O3S. The molecule has 0 aromatic heterocycles. The molecule has 2 N–H and O–H groups in total. The van der Waals surface area contributed by atoms with E-state index >= 15 is 0 Å². The summed E-state index contributed by atoms with van der Waals surface area (Å²) in [5, 5.41) is 6.50. The Morgan fingerprint density at radius 3 is 2.75 bits per heavy atom. The second-order valence-electron chi connectivity index (χ2n) is 6.50. The number of benzene rings is 1. The number of halogens is 1. The van der Waals surface area contributed by atoms with Crippen molar-refractivity contribution in [3.63, 3.8) is 0 Å². The summed E-state index contributed by atoms with van der Waals surface area (Å²) < 4.78 is 17.2. The van der Waals surface area contributed by atoms with Gasteiger partial charge in [0.15, 0.2) is 0 Å². The van der Waals surface area contributed by atoms with Crippen molar-refractivity contribution in [1.29, 1.82) is 0 Å². The summed E-state index contributed by atoms with van der Waals surface area (Å²) in [6.45, 7) is 0.498. The summed E-state index contributed by atoms with van der Waals surface area (Å²) in [6.07, 6.45) is 7.53. The minimum absolute atomic E-state index is 0.204. The minimum atomic E-state index is -0.815. The van der Waals surface area contributed by atoms with Gasteiger partial charge in [0.2, 0.25) is 0 Å². The smallest absolute Gasteiger partial charge is 0.319 e. The van der Waals surface area contributed by atoms with E-state index in [0.29, 0.717) is 23.1 Å². The summed E-state index contributed by atoms with van der Waals surface area (Å²) in [7, 11) is -0.815. The molecule has 1 saturated carbocycles. The van der Waals surface area contributed by atoms with Crippen LogP contribution in [0.15, 0.2) is 12.1 Å². The van der Waals surface area contributed by atoms with Gasteiger partial charge in [-0.1, -0.05) is 30.9 Å². The molecule has 24 heavy (non-hydrogen) atoms. The first-order valence-corrected chi connectivity index (χ1v) is 10.5. The molecule has 5 nitrogen and oxygen atoms in total. The number of carbonyl (C=O) groups is 1. The van der Waals surface area contributed by atoms with Crippen LogP contribution in [0, 0.1) is 0 Å². The first-order chi connectivity index (χ1) is 11.5. The lowest BCUT2D eigenvalue weighted by molar-refractivity contribution is 0.203. The zero-order chi connectivity index (χ0) is 17.2. The number of rotatable bonds is 5. The number of hydrogen-bond donors (Lipinski definition) is 2. The van der Waals surface area contributed by atoms with Gasteiger partial charge in [0, 0.05) is 28.4 Å². The lowest BCUT2D eigenvalue weighted by atomic mass is 9.74. The number of hydrogen-bond acceptors (Lipinski definition) is 3. The molecule has 1 heterocycles. The van der Waals surface area contributed by atoms with Crippen LogP contribution in [0.2, 0.25) is 5.02 Å². The Balaban J connectivity index is 1.92. The first-order valence-electron chi connectivity index (χ1n) is 8.37. The third-order valence-corrected chi connectivity index (χ3v) is 5.91. The van der Waals surface area contributed by atoms with Crippen molar-refractivity contribution in [2.75, 3.05) is 23.9 Å². The Kier molecular flexibility index (Phi) is 5.35. The van der Waals surface area contributed by atoms with Crippen LogP contribution < -0.4 is 15.4 Å². The lowest BCUT2D eigenvalue weighted by Gasteiger charge is -2.43. The number of fused-ring (bicyclic) bond motifs is 2. The second-order valence-corrected chi connectivity index (χ2v) is 8.46. The van der Waals surface area contributed by atoms with Crippen LogP contribution in [-0.4, -0.2) is 28.9 Å². The molecule has 0 saturated heterocycles. The Morgan fingerprint density at radius 2 is 2.04 bits per heavy atom. The molecule has 2 aliphatic rings. The normalized spacial score (nSPS) is 20.0. The summed E-state index contributed by atoms with van der Waals surface area (Å²) >= 11 is 6.35. The molecule has 0 radical (unpaired) electrons. The van der Waals surface area contributed by atoms with Crippen molar-refractivity contribution < 1.29 is 13.7 Å². The fraction of sp³-hybridized carbons (Fsp3) is 0.588. The molecule has 1 atom stereocenters. The van der Waals surface area contributed by atoms with E-state index in [-0.39, 0.29) is 6.03 Å². The second kappa shape index (κ2) is 7.31. The molecule has 132 valence electrons. The van der Waals surface area contributed by atoms with Crippen molar-refractivity contribution in [3.05, 3.63) is 22.7 Å². The number of nitrogens with one attached hydrogen (secondary N) is 2. The SMILES string of the molecule is CS(=O)CCCOc1ccc(Cl)c2c1C1(CCCCC1)NC(=O)N2. The van der Waals surface area contributed by atoms with E-state index < -0.39 is 16.3 Å². The van der Waals surface area contributed by atoms with E-state index in [1.807, 2.05) is 6.07 Å². The van der Waals surface area contributed by atoms with Gasteiger partial charge in [-0.05, 0) is 31.4 Å². The summed E-state index contributed by atoms with van der Waals surface area (Å²) in [5.41, 5.74) is 1.23. The average Bonchev–Trinajstić information content (AvgIpc) is 2.54. The molecule has 1 aliphatic heterocycles. The topological polar surface area (TPSA) is 67.4 Å². The van der Waals surface area contributed by atoms with Crippen LogP contribution in [0.4, 0.5) is 10.5 Å². The zero-order valence-corrected chi connectivity index (χ0v) is 15.4. The largest absolute Gasteiger partial charge is 0.493 e. The monoisotopic (exact) mass is 370 g/mol. The van der Waals surface area contributed by atoms with E-state index in [4.69, 9.17) is 16.3 Å². The highest BCUT2D eigenvalue weighted by atomic mass is 35.5. The highest BCUT2D eigenvalue weighted by molar-refractivity contribution is 7.84. The van der Waals surface area contributed by atoms with Gasteiger partial charge in [0.25, 0.3) is 0 Å². The van der Waals surface area contributed by atoms with Gasteiger partial charge in [-0.25, -0.2) is 4.79 Å². The molecule has 1 aliphatic carbocycles. The molecule has 3 rings (SSSR count). The predicted molar refractivity (Wildman–Crippen MR) is 97.4 cm³/mol. The Labute approximate surface area is 149 Å². The standard InChI is InChI=1S/C17H23ClN2O3S/c1-24(22)11-5-10-23-13-7-6-12(18)15-14(13)17(20-16(21)19-15)8-3-2-4-9-17/h6-7H,2-5,8-11H2,1H3,(H2,19,20,21). The van der Waals surface area contributed by atoms with Crippen molar-refractivity contribution >= 4 is 34.1 Å². The van der Waals surface area contributed by atoms with Crippen LogP contribution in [-0.2, 0) is 16.3 Å². The summed E-state index contributed by atoms with van der Waals surface area (Å²) in [6, 6.07) is 3.43. The van der Waals surface area contributed by atoms with Crippen LogP contribution in [0.3, 0.4) is 0 Å². The Morgan fingerprint density at radius 1 is 1.29 bits per heavy atom. The van der Waals surface area contributed by atoms with Gasteiger partial charge >= 0.3 is 6.03 Å². The molecule has 0 bridgehead atoms. The molecule has 1 aromatic rings. The number of anilines is 1. The summed E-state index contributed by atoms with van der Waals surface area (Å²) in [4.78, 5) is 12.1. The van der Waals surface area contributed by atoms with Crippen molar-refractivity contribution in [2.45, 2.75) is 44.1 Å². The van der Waals surface area contributed by atoms with Gasteiger partial charge < -0.3 is 15.4 Å². The van der Waals surface area contributed by atoms with E-state index in [1.54, 1.807) is 12.3 Å². The first kappa shape index (κ1) is 17.5. The number of ether oxygens (including phenoxy) is 1. The molecule has 1 spiro atoms. The molecule has 1 fully saturated rings. The maximum atomic E-state index is 12.1.